The number of carbonyl (C=O) groups excluding carboxylic acids is 1. The van der Waals surface area contributed by atoms with Gasteiger partial charge in [0.05, 0.1) is 0 Å². The van der Waals surface area contributed by atoms with Crippen LogP contribution in [-0.2, 0) is 11.3 Å². The average Bonchev–Trinajstić information content (AvgIpc) is 2.71. The second kappa shape index (κ2) is 5.63. The van der Waals surface area contributed by atoms with E-state index in [1.807, 2.05) is 13.8 Å². The van der Waals surface area contributed by atoms with Crippen LogP contribution in [-0.4, -0.2) is 40.0 Å². The van der Waals surface area contributed by atoms with E-state index in [1.165, 1.54) is 4.57 Å². The minimum atomic E-state index is -0.597. The Balaban J connectivity index is 2.38. The van der Waals surface area contributed by atoms with Crippen molar-refractivity contribution in [2.75, 3.05) is 24.6 Å². The van der Waals surface area contributed by atoms with Gasteiger partial charge in [-0.2, -0.15) is 0 Å². The van der Waals surface area contributed by atoms with E-state index in [4.69, 9.17) is 5.73 Å². The van der Waals surface area contributed by atoms with Gasteiger partial charge < -0.3 is 16.0 Å². The molecule has 0 aromatic carbocycles. The van der Waals surface area contributed by atoms with E-state index < -0.39 is 17.3 Å². The first kappa shape index (κ1) is 15.1. The topological polar surface area (TPSA) is 113 Å². The van der Waals surface area contributed by atoms with E-state index in [1.54, 1.807) is 11.9 Å². The lowest BCUT2D eigenvalue weighted by atomic mass is 10.2. The Labute approximate surface area is 121 Å². The molecule has 1 aliphatic rings. The highest BCUT2D eigenvalue weighted by Crippen LogP contribution is 2.17. The molecule has 8 nitrogen and oxygen atoms in total. The number of anilines is 2. The summed E-state index contributed by atoms with van der Waals surface area (Å²) < 4.78 is 1.32. The average molecular weight is 295 g/mol. The van der Waals surface area contributed by atoms with Gasteiger partial charge in [0.2, 0.25) is 5.91 Å². The summed E-state index contributed by atoms with van der Waals surface area (Å²) in [6.45, 7) is 4.91. The van der Waals surface area contributed by atoms with E-state index in [0.29, 0.717) is 19.5 Å². The van der Waals surface area contributed by atoms with Crippen LogP contribution in [0.25, 0.3) is 0 Å². The molecule has 2 heterocycles. The minimum absolute atomic E-state index is 0.0693. The van der Waals surface area contributed by atoms with Crippen LogP contribution in [0.2, 0.25) is 0 Å². The van der Waals surface area contributed by atoms with Gasteiger partial charge in [-0.25, -0.2) is 4.79 Å². The number of likely N-dealkylation sites (N-methyl/N-ethyl adjacent to an activating group) is 1. The van der Waals surface area contributed by atoms with E-state index in [2.05, 4.69) is 10.3 Å². The fraction of sp³-hybridized carbons (Fsp3) is 0.615. The molecule has 21 heavy (non-hydrogen) atoms. The highest BCUT2D eigenvalue weighted by Gasteiger charge is 2.30. The van der Waals surface area contributed by atoms with Crippen LogP contribution in [0, 0.1) is 5.92 Å². The number of carbonyl (C=O) groups is 1. The van der Waals surface area contributed by atoms with Crippen molar-refractivity contribution in [2.24, 2.45) is 5.92 Å². The predicted molar refractivity (Wildman–Crippen MR) is 80.2 cm³/mol. The minimum Gasteiger partial charge on any atom is -0.383 e. The molecule has 0 bridgehead atoms. The fourth-order valence-electron chi connectivity index (χ4n) is 2.40. The van der Waals surface area contributed by atoms with Crippen molar-refractivity contribution in [3.05, 3.63) is 20.8 Å². The molecular formula is C13H21N5O3. The van der Waals surface area contributed by atoms with Gasteiger partial charge in [0, 0.05) is 20.1 Å². The molecule has 2 rings (SSSR count). The number of rotatable bonds is 4. The molecule has 1 aromatic rings. The fourth-order valence-corrected chi connectivity index (χ4v) is 2.40. The summed E-state index contributed by atoms with van der Waals surface area (Å²) in [4.78, 5) is 39.5. The number of nitrogens with one attached hydrogen (secondary N) is 2. The van der Waals surface area contributed by atoms with Gasteiger partial charge >= 0.3 is 5.69 Å². The highest BCUT2D eigenvalue weighted by atomic mass is 16.2. The number of nitrogen functional groups attached to an aromatic ring is 1. The number of H-pyrrole nitrogens is 1. The first-order valence-corrected chi connectivity index (χ1v) is 6.95. The monoisotopic (exact) mass is 295 g/mol. The smallest absolute Gasteiger partial charge is 0.330 e. The lowest BCUT2D eigenvalue weighted by molar-refractivity contribution is -0.127. The molecule has 1 atom stereocenters. The normalized spacial score (nSPS) is 18.6. The summed E-state index contributed by atoms with van der Waals surface area (Å²) in [7, 11) is 1.71. The zero-order valence-electron chi connectivity index (χ0n) is 12.5. The molecule has 8 heteroatoms. The third kappa shape index (κ3) is 2.93. The van der Waals surface area contributed by atoms with Crippen molar-refractivity contribution in [3.63, 3.8) is 0 Å². The van der Waals surface area contributed by atoms with Gasteiger partial charge in [0.25, 0.3) is 5.56 Å². The van der Waals surface area contributed by atoms with Gasteiger partial charge in [-0.3, -0.25) is 19.1 Å². The van der Waals surface area contributed by atoms with Crippen LogP contribution in [0.3, 0.4) is 0 Å². The van der Waals surface area contributed by atoms with Crippen LogP contribution in [0.5, 0.6) is 0 Å². The summed E-state index contributed by atoms with van der Waals surface area (Å²) in [6.07, 6.45) is 0.595. The Bertz CT molecular complexity index is 661. The van der Waals surface area contributed by atoms with Crippen molar-refractivity contribution in [1.82, 2.24) is 14.5 Å². The molecule has 1 aromatic heterocycles. The molecule has 4 N–H and O–H groups in total. The van der Waals surface area contributed by atoms with E-state index in [0.717, 1.165) is 0 Å². The van der Waals surface area contributed by atoms with Gasteiger partial charge in [-0.1, -0.05) is 13.8 Å². The maximum atomic E-state index is 11.9. The summed E-state index contributed by atoms with van der Waals surface area (Å²) >= 11 is 0. The van der Waals surface area contributed by atoms with E-state index >= 15 is 0 Å². The van der Waals surface area contributed by atoms with Gasteiger partial charge in [0.15, 0.2) is 0 Å². The van der Waals surface area contributed by atoms with Crippen LogP contribution in [0.1, 0.15) is 20.3 Å². The van der Waals surface area contributed by atoms with Crippen LogP contribution in [0.4, 0.5) is 11.5 Å². The SMILES string of the molecule is CC(C)Cn1c(N)c(NC2CCN(C)C2=O)c(=O)[nH]c1=O. The molecule has 0 saturated carbocycles. The van der Waals surface area contributed by atoms with E-state index in [9.17, 15) is 14.4 Å². The van der Waals surface area contributed by atoms with Crippen molar-refractivity contribution in [2.45, 2.75) is 32.9 Å². The maximum absolute atomic E-state index is 11.9. The first-order chi connectivity index (χ1) is 9.81. The Hall–Kier alpha value is -2.25. The second-order valence-electron chi connectivity index (χ2n) is 5.77. The largest absolute Gasteiger partial charge is 0.383 e. The van der Waals surface area contributed by atoms with Crippen molar-refractivity contribution < 1.29 is 4.79 Å². The third-order valence-corrected chi connectivity index (χ3v) is 3.53. The molecule has 0 aliphatic carbocycles. The zero-order valence-corrected chi connectivity index (χ0v) is 12.5. The molecule has 1 unspecified atom stereocenters. The van der Waals surface area contributed by atoms with Crippen molar-refractivity contribution in [3.8, 4) is 0 Å². The van der Waals surface area contributed by atoms with Crippen LogP contribution >= 0.6 is 0 Å². The molecule has 1 saturated heterocycles. The Kier molecular flexibility index (Phi) is 4.06. The number of aromatic amines is 1. The Morgan fingerprint density at radius 3 is 2.57 bits per heavy atom. The van der Waals surface area contributed by atoms with Crippen LogP contribution in [0.15, 0.2) is 9.59 Å². The van der Waals surface area contributed by atoms with Gasteiger partial charge in [0.1, 0.15) is 17.5 Å². The Morgan fingerprint density at radius 2 is 2.05 bits per heavy atom. The molecule has 1 fully saturated rings. The quantitative estimate of drug-likeness (QED) is 0.687. The Morgan fingerprint density at radius 1 is 1.38 bits per heavy atom. The van der Waals surface area contributed by atoms with Crippen LogP contribution < -0.4 is 22.3 Å². The molecule has 1 aliphatic heterocycles. The molecule has 116 valence electrons. The number of amides is 1. The van der Waals surface area contributed by atoms with Crippen molar-refractivity contribution in [1.29, 1.82) is 0 Å². The number of aromatic nitrogens is 2. The molecular weight excluding hydrogens is 274 g/mol. The lowest BCUT2D eigenvalue weighted by Gasteiger charge is -2.17. The number of nitrogens with two attached hydrogens (primary N) is 1. The standard InChI is InChI=1S/C13H21N5O3/c1-7(2)6-18-10(14)9(11(19)16-13(18)21)15-8-4-5-17(3)12(8)20/h7-8,15H,4-6,14H2,1-3H3,(H,16,19,21). The summed E-state index contributed by atoms with van der Waals surface area (Å²) in [6, 6.07) is -0.483. The van der Waals surface area contributed by atoms with E-state index in [-0.39, 0.29) is 23.3 Å². The maximum Gasteiger partial charge on any atom is 0.330 e. The zero-order chi connectivity index (χ0) is 15.7. The number of hydrogen-bond acceptors (Lipinski definition) is 5. The summed E-state index contributed by atoms with van der Waals surface area (Å²) in [5.74, 6) is 0.179. The number of hydrogen-bond donors (Lipinski definition) is 3. The third-order valence-electron chi connectivity index (χ3n) is 3.53. The molecule has 0 spiro atoms. The predicted octanol–water partition coefficient (Wildman–Crippen LogP) is -0.583. The number of likely N-dealkylation sites (tertiary alicyclic amines) is 1. The number of nitrogens with zero attached hydrogens (tertiary/aromatic N) is 2. The molecule has 1 amide bonds. The van der Waals surface area contributed by atoms with Gasteiger partial charge in [-0.15, -0.1) is 0 Å². The lowest BCUT2D eigenvalue weighted by Crippen LogP contribution is -2.38. The van der Waals surface area contributed by atoms with Crippen molar-refractivity contribution >= 4 is 17.4 Å². The molecule has 0 radical (unpaired) electrons. The highest BCUT2D eigenvalue weighted by molar-refractivity contribution is 5.87. The van der Waals surface area contributed by atoms with Gasteiger partial charge in [-0.05, 0) is 12.3 Å². The second-order valence-corrected chi connectivity index (χ2v) is 5.77. The summed E-state index contributed by atoms with van der Waals surface area (Å²) in [5.41, 5.74) is 4.90. The first-order valence-electron chi connectivity index (χ1n) is 6.95. The summed E-state index contributed by atoms with van der Waals surface area (Å²) in [5, 5.41) is 2.88.